The van der Waals surface area contributed by atoms with Gasteiger partial charge in [0.25, 0.3) is 11.7 Å². The van der Waals surface area contributed by atoms with E-state index < -0.39 is 4.92 Å². The van der Waals surface area contributed by atoms with Crippen molar-refractivity contribution in [3.8, 4) is 0 Å². The topological polar surface area (TPSA) is 81.2 Å². The monoisotopic (exact) mass is 293 g/mol. The first-order valence-corrected chi connectivity index (χ1v) is 7.68. The predicted molar refractivity (Wildman–Crippen MR) is 79.3 cm³/mol. The van der Waals surface area contributed by atoms with Gasteiger partial charge in [0, 0.05) is 17.4 Å². The molecule has 0 bridgehead atoms. The van der Waals surface area contributed by atoms with Crippen LogP contribution in [0.5, 0.6) is 0 Å². The van der Waals surface area contributed by atoms with Crippen molar-refractivity contribution in [1.82, 2.24) is 4.98 Å². The first kappa shape index (κ1) is 13.2. The standard InChI is InChI=1S/C13H15N3O3S/c1-20-13(5-2-6-13)8-14-12-15-10-4-3-9(16(17)18)7-11(10)19-12/h3-4,7H,2,5-6,8H2,1H3,(H,14,15). The number of hydrogen-bond donors (Lipinski definition) is 1. The molecule has 0 radical (unpaired) electrons. The van der Waals surface area contributed by atoms with Crippen LogP contribution in [0.2, 0.25) is 0 Å². The second kappa shape index (κ2) is 4.97. The SMILES string of the molecule is CSC1(CNc2nc3ccc([N+](=O)[O-])cc3o2)CCC1. The number of oxazole rings is 1. The minimum absolute atomic E-state index is 0.0137. The Bertz CT molecular complexity index is 646. The van der Waals surface area contributed by atoms with Gasteiger partial charge >= 0.3 is 0 Å². The molecule has 6 nitrogen and oxygen atoms in total. The molecule has 20 heavy (non-hydrogen) atoms. The van der Waals surface area contributed by atoms with E-state index in [9.17, 15) is 10.1 Å². The van der Waals surface area contributed by atoms with E-state index >= 15 is 0 Å². The van der Waals surface area contributed by atoms with E-state index in [-0.39, 0.29) is 10.4 Å². The number of nitrogens with zero attached hydrogens (tertiary/aromatic N) is 2. The van der Waals surface area contributed by atoms with Crippen LogP contribution in [0.4, 0.5) is 11.7 Å². The molecule has 2 aromatic rings. The number of fused-ring (bicyclic) bond motifs is 1. The largest absolute Gasteiger partial charge is 0.423 e. The Balaban J connectivity index is 1.77. The third-order valence-corrected chi connectivity index (χ3v) is 5.26. The molecule has 1 heterocycles. The Kier molecular flexibility index (Phi) is 3.29. The molecule has 1 aromatic carbocycles. The van der Waals surface area contributed by atoms with Gasteiger partial charge in [0.15, 0.2) is 5.58 Å². The van der Waals surface area contributed by atoms with Crippen molar-refractivity contribution in [3.63, 3.8) is 0 Å². The second-order valence-corrected chi connectivity index (χ2v) is 6.30. The van der Waals surface area contributed by atoms with Crippen LogP contribution >= 0.6 is 11.8 Å². The van der Waals surface area contributed by atoms with Gasteiger partial charge in [-0.15, -0.1) is 0 Å². The molecular weight excluding hydrogens is 278 g/mol. The van der Waals surface area contributed by atoms with Crippen molar-refractivity contribution in [3.05, 3.63) is 28.3 Å². The number of nitro benzene ring substituents is 1. The summed E-state index contributed by atoms with van der Waals surface area (Å²) in [7, 11) is 0. The number of thioether (sulfide) groups is 1. The molecular formula is C13H15N3O3S. The first-order chi connectivity index (χ1) is 9.62. The minimum atomic E-state index is -0.438. The van der Waals surface area contributed by atoms with E-state index in [2.05, 4.69) is 16.6 Å². The average Bonchev–Trinajstić information content (AvgIpc) is 2.79. The highest BCUT2D eigenvalue weighted by atomic mass is 32.2. The Morgan fingerprint density at radius 1 is 1.55 bits per heavy atom. The van der Waals surface area contributed by atoms with Crippen LogP contribution in [0, 0.1) is 10.1 Å². The number of anilines is 1. The van der Waals surface area contributed by atoms with Crippen LogP contribution in [0.1, 0.15) is 19.3 Å². The summed E-state index contributed by atoms with van der Waals surface area (Å²) in [5, 5.41) is 13.9. The lowest BCUT2D eigenvalue weighted by Crippen LogP contribution is -2.40. The highest BCUT2D eigenvalue weighted by Crippen LogP contribution is 2.42. The van der Waals surface area contributed by atoms with Crippen LogP contribution < -0.4 is 5.32 Å². The molecule has 1 aliphatic carbocycles. The van der Waals surface area contributed by atoms with Crippen LogP contribution in [-0.4, -0.2) is 27.5 Å². The zero-order chi connectivity index (χ0) is 14.2. The van der Waals surface area contributed by atoms with E-state index in [1.54, 1.807) is 6.07 Å². The summed E-state index contributed by atoms with van der Waals surface area (Å²) >= 11 is 1.87. The lowest BCUT2D eigenvalue weighted by molar-refractivity contribution is -0.384. The van der Waals surface area contributed by atoms with Gasteiger partial charge in [0.1, 0.15) is 5.52 Å². The lowest BCUT2D eigenvalue weighted by Gasteiger charge is -2.40. The number of non-ortho nitro benzene ring substituents is 1. The fraction of sp³-hybridized carbons (Fsp3) is 0.462. The zero-order valence-electron chi connectivity index (χ0n) is 11.1. The van der Waals surface area contributed by atoms with Gasteiger partial charge < -0.3 is 9.73 Å². The van der Waals surface area contributed by atoms with Crippen molar-refractivity contribution in [1.29, 1.82) is 0 Å². The molecule has 1 N–H and O–H groups in total. The average molecular weight is 293 g/mol. The summed E-state index contributed by atoms with van der Waals surface area (Å²) in [4.78, 5) is 14.6. The summed E-state index contributed by atoms with van der Waals surface area (Å²) < 4.78 is 5.82. The van der Waals surface area contributed by atoms with Crippen LogP contribution in [0.15, 0.2) is 22.6 Å². The van der Waals surface area contributed by atoms with Crippen LogP contribution in [0.25, 0.3) is 11.1 Å². The summed E-state index contributed by atoms with van der Waals surface area (Å²) in [5.41, 5.74) is 1.08. The van der Waals surface area contributed by atoms with Gasteiger partial charge in [-0.1, -0.05) is 6.42 Å². The van der Waals surface area contributed by atoms with Gasteiger partial charge in [-0.25, -0.2) is 0 Å². The van der Waals surface area contributed by atoms with Crippen molar-refractivity contribution < 1.29 is 9.34 Å². The first-order valence-electron chi connectivity index (χ1n) is 6.46. The molecule has 106 valence electrons. The fourth-order valence-corrected chi connectivity index (χ4v) is 3.28. The molecule has 7 heteroatoms. The maximum atomic E-state index is 10.7. The van der Waals surface area contributed by atoms with E-state index in [0.717, 1.165) is 6.54 Å². The Labute approximate surface area is 120 Å². The smallest absolute Gasteiger partial charge is 0.295 e. The van der Waals surface area contributed by atoms with Crippen molar-refractivity contribution in [2.75, 3.05) is 18.1 Å². The molecule has 1 aliphatic rings. The van der Waals surface area contributed by atoms with Gasteiger partial charge in [-0.05, 0) is 25.2 Å². The highest BCUT2D eigenvalue weighted by Gasteiger charge is 2.36. The molecule has 1 saturated carbocycles. The summed E-state index contributed by atoms with van der Waals surface area (Å²) in [6, 6.07) is 4.88. The molecule has 0 atom stereocenters. The second-order valence-electron chi connectivity index (χ2n) is 5.02. The van der Waals surface area contributed by atoms with Gasteiger partial charge in [-0.3, -0.25) is 10.1 Å². The number of nitro groups is 1. The summed E-state index contributed by atoms with van der Waals surface area (Å²) in [5.74, 6) is 0. The molecule has 0 amide bonds. The Morgan fingerprint density at radius 2 is 2.35 bits per heavy atom. The molecule has 0 spiro atoms. The Hall–Kier alpha value is -1.76. The van der Waals surface area contributed by atoms with Crippen LogP contribution in [-0.2, 0) is 0 Å². The molecule has 1 fully saturated rings. The predicted octanol–water partition coefficient (Wildman–Crippen LogP) is 3.43. The van der Waals surface area contributed by atoms with Crippen molar-refractivity contribution >= 4 is 34.6 Å². The zero-order valence-corrected chi connectivity index (χ0v) is 11.9. The van der Waals surface area contributed by atoms with E-state index in [1.807, 2.05) is 11.8 Å². The quantitative estimate of drug-likeness (QED) is 0.672. The molecule has 0 unspecified atom stereocenters. The highest BCUT2D eigenvalue weighted by molar-refractivity contribution is 8.00. The number of nitrogens with one attached hydrogen (secondary N) is 1. The van der Waals surface area contributed by atoms with Crippen molar-refractivity contribution in [2.24, 2.45) is 0 Å². The molecule has 0 saturated heterocycles. The summed E-state index contributed by atoms with van der Waals surface area (Å²) in [6.07, 6.45) is 5.79. The van der Waals surface area contributed by atoms with Gasteiger partial charge in [-0.2, -0.15) is 16.7 Å². The maximum Gasteiger partial charge on any atom is 0.295 e. The third kappa shape index (κ3) is 2.33. The van der Waals surface area contributed by atoms with Crippen LogP contribution in [0.3, 0.4) is 0 Å². The van der Waals surface area contributed by atoms with Gasteiger partial charge in [0.05, 0.1) is 11.0 Å². The van der Waals surface area contributed by atoms with Gasteiger partial charge in [0.2, 0.25) is 0 Å². The van der Waals surface area contributed by atoms with Crippen molar-refractivity contribution in [2.45, 2.75) is 24.0 Å². The number of rotatable bonds is 5. The molecule has 0 aliphatic heterocycles. The minimum Gasteiger partial charge on any atom is -0.423 e. The number of aromatic nitrogens is 1. The fourth-order valence-electron chi connectivity index (χ4n) is 2.36. The van der Waals surface area contributed by atoms with E-state index in [1.165, 1.54) is 31.4 Å². The molecule has 3 rings (SSSR count). The molecule has 1 aromatic heterocycles. The summed E-state index contributed by atoms with van der Waals surface area (Å²) in [6.45, 7) is 0.809. The number of hydrogen-bond acceptors (Lipinski definition) is 6. The normalized spacial score (nSPS) is 16.9. The third-order valence-electron chi connectivity index (χ3n) is 3.84. The Morgan fingerprint density at radius 3 is 2.95 bits per heavy atom. The number of benzene rings is 1. The van der Waals surface area contributed by atoms with E-state index in [0.29, 0.717) is 17.1 Å². The van der Waals surface area contributed by atoms with E-state index in [4.69, 9.17) is 4.42 Å². The lowest BCUT2D eigenvalue weighted by atomic mass is 9.84. The maximum absolute atomic E-state index is 10.7.